The predicted molar refractivity (Wildman–Crippen MR) is 76.8 cm³/mol. The van der Waals surface area contributed by atoms with Crippen molar-refractivity contribution in [1.29, 1.82) is 0 Å². The van der Waals surface area contributed by atoms with Gasteiger partial charge in [0.25, 0.3) is 0 Å². The molecule has 5 heteroatoms. The highest BCUT2D eigenvalue weighted by atomic mass is 79.9. The van der Waals surface area contributed by atoms with Crippen LogP contribution in [0.3, 0.4) is 0 Å². The molecule has 16 heavy (non-hydrogen) atoms. The molecule has 0 aliphatic heterocycles. The summed E-state index contributed by atoms with van der Waals surface area (Å²) in [6, 6.07) is 4.99. The molecule has 2 atom stereocenters. The topological polar surface area (TPSA) is 20.2 Å². The highest BCUT2D eigenvalue weighted by Gasteiger charge is 2.28. The van der Waals surface area contributed by atoms with E-state index >= 15 is 0 Å². The fourth-order valence-electron chi connectivity index (χ4n) is 1.40. The number of benzene rings is 1. The molecule has 2 unspecified atom stereocenters. The van der Waals surface area contributed by atoms with E-state index in [9.17, 15) is 5.11 Å². The van der Waals surface area contributed by atoms with Crippen LogP contribution in [0.5, 0.6) is 0 Å². The van der Waals surface area contributed by atoms with Crippen molar-refractivity contribution >= 4 is 55.1 Å². The molecular formula is C11H11Br2Cl2O. The third kappa shape index (κ3) is 3.88. The summed E-state index contributed by atoms with van der Waals surface area (Å²) in [7, 11) is 0. The van der Waals surface area contributed by atoms with E-state index < -0.39 is 5.60 Å². The number of aliphatic hydroxyl groups is 1. The maximum atomic E-state index is 10.3. The number of alkyl halides is 2. The molecule has 0 saturated heterocycles. The molecule has 0 aromatic heterocycles. The standard InChI is InChI=1S/C11H11Br2Cl2O/c1-11(16,5-7(13)6-12)9-3-2-8(14)4-10(9)15/h2-4,7,16H,1,5-6H2. The summed E-state index contributed by atoms with van der Waals surface area (Å²) in [4.78, 5) is 0.127. The number of hydrogen-bond acceptors (Lipinski definition) is 1. The summed E-state index contributed by atoms with van der Waals surface area (Å²) < 4.78 is 0. The van der Waals surface area contributed by atoms with Crippen molar-refractivity contribution in [2.45, 2.75) is 16.8 Å². The fourth-order valence-corrected chi connectivity index (χ4v) is 2.75. The van der Waals surface area contributed by atoms with Gasteiger partial charge in [-0.05, 0) is 25.5 Å². The van der Waals surface area contributed by atoms with Crippen LogP contribution in [0.15, 0.2) is 18.2 Å². The van der Waals surface area contributed by atoms with Crippen molar-refractivity contribution in [3.63, 3.8) is 0 Å². The molecule has 1 radical (unpaired) electrons. The normalized spacial score (nSPS) is 16.9. The molecule has 0 fully saturated rings. The molecule has 0 heterocycles. The Labute approximate surface area is 122 Å². The number of halogens is 4. The minimum atomic E-state index is -1.22. The van der Waals surface area contributed by atoms with Crippen molar-refractivity contribution in [2.24, 2.45) is 0 Å². The van der Waals surface area contributed by atoms with Crippen molar-refractivity contribution in [1.82, 2.24) is 0 Å². The van der Waals surface area contributed by atoms with Crippen LogP contribution < -0.4 is 0 Å². The minimum Gasteiger partial charge on any atom is -0.385 e. The van der Waals surface area contributed by atoms with Crippen LogP contribution in [0.2, 0.25) is 10.0 Å². The first-order valence-electron chi connectivity index (χ1n) is 4.60. The Morgan fingerprint density at radius 2 is 2.06 bits per heavy atom. The Bertz CT molecular complexity index is 369. The molecule has 0 amide bonds. The second-order valence-corrected chi connectivity index (χ2v) is 6.40. The Morgan fingerprint density at radius 3 is 2.56 bits per heavy atom. The van der Waals surface area contributed by atoms with Gasteiger partial charge in [-0.1, -0.05) is 61.1 Å². The van der Waals surface area contributed by atoms with Gasteiger partial charge in [-0.2, -0.15) is 0 Å². The summed E-state index contributed by atoms with van der Waals surface area (Å²) in [5.74, 6) is 0. The van der Waals surface area contributed by atoms with Crippen LogP contribution in [-0.4, -0.2) is 15.3 Å². The zero-order valence-corrected chi connectivity index (χ0v) is 13.1. The Morgan fingerprint density at radius 1 is 1.44 bits per heavy atom. The summed E-state index contributed by atoms with van der Waals surface area (Å²) >= 11 is 18.6. The van der Waals surface area contributed by atoms with E-state index in [1.165, 1.54) is 0 Å². The lowest BCUT2D eigenvalue weighted by molar-refractivity contribution is 0.0782. The van der Waals surface area contributed by atoms with Gasteiger partial charge in [0, 0.05) is 25.8 Å². The van der Waals surface area contributed by atoms with Gasteiger partial charge in [0.15, 0.2) is 0 Å². The summed E-state index contributed by atoms with van der Waals surface area (Å²) in [6.07, 6.45) is 0.458. The van der Waals surface area contributed by atoms with Gasteiger partial charge in [0.05, 0.1) is 5.60 Å². The predicted octanol–water partition coefficient (Wildman–Crippen LogP) is 4.56. The SMILES string of the molecule is [CH2]C(O)(CC(Br)CBr)c1ccc(Cl)cc1Cl. The molecule has 1 N–H and O–H groups in total. The molecule has 0 saturated carbocycles. The van der Waals surface area contributed by atoms with Crippen LogP contribution in [0.1, 0.15) is 12.0 Å². The molecule has 1 aromatic rings. The van der Waals surface area contributed by atoms with E-state index in [1.807, 2.05) is 0 Å². The molecule has 1 nitrogen and oxygen atoms in total. The smallest absolute Gasteiger partial charge is 0.0923 e. The lowest BCUT2D eigenvalue weighted by Gasteiger charge is -2.26. The molecule has 0 aliphatic rings. The zero-order valence-electron chi connectivity index (χ0n) is 8.39. The third-order valence-corrected chi connectivity index (χ3v) is 5.00. The van der Waals surface area contributed by atoms with E-state index in [2.05, 4.69) is 38.8 Å². The second-order valence-electron chi connectivity index (χ2n) is 3.61. The summed E-state index contributed by atoms with van der Waals surface area (Å²) in [6.45, 7) is 3.80. The second kappa shape index (κ2) is 6.05. The van der Waals surface area contributed by atoms with E-state index in [1.54, 1.807) is 18.2 Å². The Balaban J connectivity index is 2.97. The molecule has 0 aliphatic carbocycles. The van der Waals surface area contributed by atoms with E-state index in [4.69, 9.17) is 23.2 Å². The van der Waals surface area contributed by atoms with Gasteiger partial charge < -0.3 is 5.11 Å². The quantitative estimate of drug-likeness (QED) is 0.748. The average Bonchev–Trinajstić information content (AvgIpc) is 2.16. The summed E-state index contributed by atoms with van der Waals surface area (Å²) in [5, 5.41) is 12.0. The van der Waals surface area contributed by atoms with Crippen LogP contribution in [-0.2, 0) is 5.60 Å². The monoisotopic (exact) mass is 387 g/mol. The Hall–Kier alpha value is 0.720. The van der Waals surface area contributed by atoms with E-state index in [-0.39, 0.29) is 4.83 Å². The lowest BCUT2D eigenvalue weighted by atomic mass is 9.91. The van der Waals surface area contributed by atoms with Crippen molar-refractivity contribution in [3.8, 4) is 0 Å². The van der Waals surface area contributed by atoms with Crippen LogP contribution in [0.25, 0.3) is 0 Å². The van der Waals surface area contributed by atoms with Crippen molar-refractivity contribution in [3.05, 3.63) is 40.7 Å². The zero-order chi connectivity index (χ0) is 12.3. The van der Waals surface area contributed by atoms with Gasteiger partial charge in [0.2, 0.25) is 0 Å². The van der Waals surface area contributed by atoms with Gasteiger partial charge in [-0.25, -0.2) is 0 Å². The van der Waals surface area contributed by atoms with Crippen LogP contribution >= 0.6 is 55.1 Å². The first-order valence-corrected chi connectivity index (χ1v) is 7.39. The number of hydrogen-bond donors (Lipinski definition) is 1. The van der Waals surface area contributed by atoms with E-state index in [0.29, 0.717) is 22.0 Å². The summed E-state index contributed by atoms with van der Waals surface area (Å²) in [5.41, 5.74) is -0.632. The lowest BCUT2D eigenvalue weighted by Crippen LogP contribution is -2.26. The van der Waals surface area contributed by atoms with Gasteiger partial charge in [0.1, 0.15) is 0 Å². The van der Waals surface area contributed by atoms with Gasteiger partial charge >= 0.3 is 0 Å². The number of rotatable bonds is 4. The van der Waals surface area contributed by atoms with E-state index in [0.717, 1.165) is 5.33 Å². The Kier molecular flexibility index (Phi) is 5.59. The fraction of sp³-hybridized carbons (Fsp3) is 0.364. The van der Waals surface area contributed by atoms with Crippen LogP contribution in [0.4, 0.5) is 0 Å². The molecule has 89 valence electrons. The largest absolute Gasteiger partial charge is 0.385 e. The molecule has 1 rings (SSSR count). The van der Waals surface area contributed by atoms with Crippen molar-refractivity contribution < 1.29 is 5.11 Å². The third-order valence-electron chi connectivity index (χ3n) is 2.16. The van der Waals surface area contributed by atoms with Gasteiger partial charge in [-0.15, -0.1) is 0 Å². The van der Waals surface area contributed by atoms with Crippen molar-refractivity contribution in [2.75, 3.05) is 5.33 Å². The molecule has 0 bridgehead atoms. The minimum absolute atomic E-state index is 0.127. The highest BCUT2D eigenvalue weighted by molar-refractivity contribution is 9.12. The molecule has 0 spiro atoms. The first-order chi connectivity index (χ1) is 7.36. The maximum absolute atomic E-state index is 10.3. The molecule has 1 aromatic carbocycles. The first kappa shape index (κ1) is 14.8. The maximum Gasteiger partial charge on any atom is 0.0923 e. The average molecular weight is 390 g/mol. The van der Waals surface area contributed by atoms with Crippen LogP contribution in [0, 0.1) is 6.92 Å². The van der Waals surface area contributed by atoms with Gasteiger partial charge in [-0.3, -0.25) is 0 Å². The molecular weight excluding hydrogens is 379 g/mol. The highest BCUT2D eigenvalue weighted by Crippen LogP contribution is 2.34.